The molecule has 2 aromatic rings. The number of hydrazine groups is 1. The predicted octanol–water partition coefficient (Wildman–Crippen LogP) is 4.59. The first-order valence-electron chi connectivity index (χ1n) is 9.20. The maximum absolute atomic E-state index is 6.29. The van der Waals surface area contributed by atoms with E-state index in [0.717, 1.165) is 36.5 Å². The number of nitrogens with zero attached hydrogens (tertiary/aromatic N) is 3. The van der Waals surface area contributed by atoms with Crippen LogP contribution in [0.1, 0.15) is 19.0 Å². The van der Waals surface area contributed by atoms with Gasteiger partial charge in [-0.1, -0.05) is 30.1 Å². The number of benzene rings is 1. The lowest BCUT2D eigenvalue weighted by atomic mass is 10.3. The van der Waals surface area contributed by atoms with Crippen LogP contribution in [0.4, 0.5) is 11.5 Å². The maximum atomic E-state index is 6.29. The minimum absolute atomic E-state index is 0.492. The second kappa shape index (κ2) is 10.3. The van der Waals surface area contributed by atoms with Gasteiger partial charge in [0.05, 0.1) is 17.9 Å². The molecular weight excluding hydrogens is 397 g/mol. The number of ether oxygens (including phenoxy) is 1. The second-order valence-electron chi connectivity index (χ2n) is 6.08. The standard InChI is InChI=1S/C20H23Cl2N5O/c1-2-18-19(22)20(25-14-24-18)23-11-13-28-17-4-3-10-26-27(12-9-17)16-7-5-15(21)6-8-16/h4-9,12,14,26H,2-3,10-11,13H2,1H3,(H,23,24,25). The van der Waals surface area contributed by atoms with Crippen molar-refractivity contribution in [3.63, 3.8) is 0 Å². The van der Waals surface area contributed by atoms with Crippen LogP contribution in [0.5, 0.6) is 0 Å². The van der Waals surface area contributed by atoms with E-state index in [-0.39, 0.29) is 0 Å². The fourth-order valence-corrected chi connectivity index (χ4v) is 3.09. The molecule has 1 aromatic carbocycles. The van der Waals surface area contributed by atoms with Gasteiger partial charge in [-0.05, 0) is 49.3 Å². The summed E-state index contributed by atoms with van der Waals surface area (Å²) < 4.78 is 5.89. The van der Waals surface area contributed by atoms with Crippen molar-refractivity contribution in [2.75, 3.05) is 30.0 Å². The van der Waals surface area contributed by atoms with Gasteiger partial charge in [-0.15, -0.1) is 0 Å². The molecule has 0 saturated carbocycles. The Balaban J connectivity index is 1.53. The van der Waals surface area contributed by atoms with Crippen LogP contribution in [0.15, 0.2) is 54.7 Å². The molecule has 0 saturated heterocycles. The minimum Gasteiger partial charge on any atom is -0.492 e. The Labute approximate surface area is 175 Å². The zero-order chi connectivity index (χ0) is 19.8. The first-order chi connectivity index (χ1) is 13.7. The van der Waals surface area contributed by atoms with E-state index in [1.54, 1.807) is 0 Å². The van der Waals surface area contributed by atoms with Crippen molar-refractivity contribution in [1.29, 1.82) is 0 Å². The smallest absolute Gasteiger partial charge is 0.148 e. The largest absolute Gasteiger partial charge is 0.492 e. The molecule has 0 aliphatic carbocycles. The van der Waals surface area contributed by atoms with Crippen LogP contribution < -0.4 is 15.8 Å². The molecule has 0 atom stereocenters. The van der Waals surface area contributed by atoms with Crippen molar-refractivity contribution in [3.8, 4) is 0 Å². The average molecular weight is 420 g/mol. The third-order valence-corrected chi connectivity index (χ3v) is 4.77. The fourth-order valence-electron chi connectivity index (χ4n) is 2.67. The van der Waals surface area contributed by atoms with E-state index in [9.17, 15) is 0 Å². The molecule has 3 rings (SSSR count). The van der Waals surface area contributed by atoms with Gasteiger partial charge in [0.2, 0.25) is 0 Å². The SMILES string of the molecule is CCc1ncnc(NCCOC2=CCCNN(c3ccc(Cl)cc3)C=C2)c1Cl. The van der Waals surface area contributed by atoms with Crippen molar-refractivity contribution < 1.29 is 4.74 Å². The number of hydrogen-bond donors (Lipinski definition) is 2. The summed E-state index contributed by atoms with van der Waals surface area (Å²) in [5.41, 5.74) is 5.19. The number of allylic oxidation sites excluding steroid dienone is 1. The van der Waals surface area contributed by atoms with Crippen LogP contribution in [0.25, 0.3) is 0 Å². The summed E-state index contributed by atoms with van der Waals surface area (Å²) in [6, 6.07) is 7.66. The normalized spacial score (nSPS) is 14.2. The van der Waals surface area contributed by atoms with Gasteiger partial charge in [0.15, 0.2) is 0 Å². The van der Waals surface area contributed by atoms with E-state index in [4.69, 9.17) is 27.9 Å². The maximum Gasteiger partial charge on any atom is 0.148 e. The Morgan fingerprint density at radius 3 is 2.82 bits per heavy atom. The average Bonchev–Trinajstić information content (AvgIpc) is 2.69. The molecule has 8 heteroatoms. The van der Waals surface area contributed by atoms with Crippen molar-refractivity contribution in [2.45, 2.75) is 19.8 Å². The molecule has 1 aromatic heterocycles. The van der Waals surface area contributed by atoms with E-state index >= 15 is 0 Å². The minimum atomic E-state index is 0.492. The number of rotatable bonds is 7. The highest BCUT2D eigenvalue weighted by atomic mass is 35.5. The molecule has 0 radical (unpaired) electrons. The lowest BCUT2D eigenvalue weighted by molar-refractivity contribution is 0.235. The fraction of sp³-hybridized carbons (Fsp3) is 0.300. The predicted molar refractivity (Wildman–Crippen MR) is 115 cm³/mol. The molecule has 28 heavy (non-hydrogen) atoms. The summed E-state index contributed by atoms with van der Waals surface area (Å²) >= 11 is 12.3. The third-order valence-electron chi connectivity index (χ3n) is 4.12. The van der Waals surface area contributed by atoms with Gasteiger partial charge in [-0.2, -0.15) is 0 Å². The summed E-state index contributed by atoms with van der Waals surface area (Å²) in [6.45, 7) is 3.89. The monoisotopic (exact) mass is 419 g/mol. The van der Waals surface area contributed by atoms with Gasteiger partial charge in [-0.3, -0.25) is 5.01 Å². The molecule has 0 spiro atoms. The number of hydrogen-bond acceptors (Lipinski definition) is 6. The Kier molecular flexibility index (Phi) is 7.54. The third kappa shape index (κ3) is 5.61. The van der Waals surface area contributed by atoms with Crippen LogP contribution in [0.2, 0.25) is 10.0 Å². The van der Waals surface area contributed by atoms with Crippen molar-refractivity contribution >= 4 is 34.7 Å². The lowest BCUT2D eigenvalue weighted by Crippen LogP contribution is -2.34. The summed E-state index contributed by atoms with van der Waals surface area (Å²) in [4.78, 5) is 8.35. The summed E-state index contributed by atoms with van der Waals surface area (Å²) in [6.07, 6.45) is 9.09. The molecule has 0 bridgehead atoms. The topological polar surface area (TPSA) is 62.3 Å². The lowest BCUT2D eigenvalue weighted by Gasteiger charge is -2.23. The van der Waals surface area contributed by atoms with Gasteiger partial charge in [0.1, 0.15) is 29.5 Å². The molecule has 0 unspecified atom stereocenters. The van der Waals surface area contributed by atoms with E-state index in [2.05, 4.69) is 26.8 Å². The number of nitrogens with one attached hydrogen (secondary N) is 2. The van der Waals surface area contributed by atoms with Gasteiger partial charge < -0.3 is 10.1 Å². The quantitative estimate of drug-likeness (QED) is 0.639. The summed E-state index contributed by atoms with van der Waals surface area (Å²) in [7, 11) is 0. The molecule has 6 nitrogen and oxygen atoms in total. The highest BCUT2D eigenvalue weighted by Gasteiger charge is 2.08. The highest BCUT2D eigenvalue weighted by molar-refractivity contribution is 6.33. The number of aryl methyl sites for hydroxylation is 1. The van der Waals surface area contributed by atoms with Crippen molar-refractivity contribution in [1.82, 2.24) is 15.4 Å². The first kappa shape index (κ1) is 20.5. The van der Waals surface area contributed by atoms with Crippen molar-refractivity contribution in [3.05, 3.63) is 70.4 Å². The molecule has 0 fully saturated rings. The van der Waals surface area contributed by atoms with Gasteiger partial charge >= 0.3 is 0 Å². The molecule has 2 heterocycles. The van der Waals surface area contributed by atoms with Gasteiger partial charge in [0.25, 0.3) is 0 Å². The van der Waals surface area contributed by atoms with Crippen LogP contribution in [0, 0.1) is 0 Å². The molecule has 1 aliphatic heterocycles. The van der Waals surface area contributed by atoms with Crippen LogP contribution in [0.3, 0.4) is 0 Å². The van der Waals surface area contributed by atoms with E-state index < -0.39 is 0 Å². The Morgan fingerprint density at radius 2 is 2.04 bits per heavy atom. The Bertz CT molecular complexity index is 839. The van der Waals surface area contributed by atoms with Gasteiger partial charge in [0, 0.05) is 17.8 Å². The number of halogens is 2. The molecule has 0 amide bonds. The summed E-state index contributed by atoms with van der Waals surface area (Å²) in [5.74, 6) is 1.46. The second-order valence-corrected chi connectivity index (χ2v) is 6.89. The zero-order valence-electron chi connectivity index (χ0n) is 15.7. The highest BCUT2D eigenvalue weighted by Crippen LogP contribution is 2.22. The first-order valence-corrected chi connectivity index (χ1v) is 9.95. The molecular formula is C20H23Cl2N5O. The van der Waals surface area contributed by atoms with Crippen LogP contribution in [-0.2, 0) is 11.2 Å². The zero-order valence-corrected chi connectivity index (χ0v) is 17.2. The van der Waals surface area contributed by atoms with E-state index in [1.807, 2.05) is 48.5 Å². The number of aromatic nitrogens is 2. The summed E-state index contributed by atoms with van der Waals surface area (Å²) in [5, 5.41) is 6.44. The van der Waals surface area contributed by atoms with E-state index in [0.29, 0.717) is 29.0 Å². The van der Waals surface area contributed by atoms with Crippen LogP contribution >= 0.6 is 23.2 Å². The van der Waals surface area contributed by atoms with E-state index in [1.165, 1.54) is 6.33 Å². The molecule has 1 aliphatic rings. The Morgan fingerprint density at radius 1 is 1.21 bits per heavy atom. The van der Waals surface area contributed by atoms with Crippen LogP contribution in [-0.4, -0.2) is 29.7 Å². The Hall–Kier alpha value is -2.28. The molecule has 148 valence electrons. The van der Waals surface area contributed by atoms with Gasteiger partial charge in [-0.25, -0.2) is 15.4 Å². The molecule has 2 N–H and O–H groups in total. The number of anilines is 2. The van der Waals surface area contributed by atoms with Crippen molar-refractivity contribution in [2.24, 2.45) is 0 Å².